The molecule has 0 N–H and O–H groups in total. The van der Waals surface area contributed by atoms with Crippen molar-refractivity contribution in [2.45, 2.75) is 13.8 Å². The molecule has 1 heterocycles. The van der Waals surface area contributed by atoms with Crippen LogP contribution in [0.5, 0.6) is 0 Å². The van der Waals surface area contributed by atoms with E-state index in [1.807, 2.05) is 0 Å². The van der Waals surface area contributed by atoms with Gasteiger partial charge in [-0.3, -0.25) is 4.79 Å². The van der Waals surface area contributed by atoms with E-state index in [2.05, 4.69) is 4.99 Å². The van der Waals surface area contributed by atoms with Gasteiger partial charge in [0.05, 0.1) is 5.92 Å². The quantitative estimate of drug-likeness (QED) is 0.478. The van der Waals surface area contributed by atoms with E-state index >= 15 is 0 Å². The van der Waals surface area contributed by atoms with Crippen LogP contribution in [0.15, 0.2) is 4.99 Å². The van der Waals surface area contributed by atoms with Crippen molar-refractivity contribution in [3.63, 3.8) is 0 Å². The van der Waals surface area contributed by atoms with Crippen LogP contribution in [0, 0.1) is 5.92 Å². The van der Waals surface area contributed by atoms with Gasteiger partial charge in [-0.05, 0) is 0 Å². The fraction of sp³-hybridized carbons (Fsp3) is 0.667. The fourth-order valence-electron chi connectivity index (χ4n) is 0.615. The largest absolute Gasteiger partial charge is 0.480 e. The first-order valence-electron chi connectivity index (χ1n) is 2.92. The molecule has 0 radical (unpaired) electrons. The highest BCUT2D eigenvalue weighted by Gasteiger charge is 2.17. The minimum Gasteiger partial charge on any atom is -0.480 e. The predicted octanol–water partition coefficient (Wildman–Crippen LogP) is 0.598. The molecule has 1 aliphatic rings. The number of rotatable bonds is 0. The van der Waals surface area contributed by atoms with Crippen molar-refractivity contribution in [1.29, 1.82) is 0 Å². The summed E-state index contributed by atoms with van der Waals surface area (Å²) in [6.45, 7) is 3.97. The summed E-state index contributed by atoms with van der Waals surface area (Å²) >= 11 is 0. The highest BCUT2D eigenvalue weighted by Crippen LogP contribution is 2.05. The molecule has 0 saturated carbocycles. The van der Waals surface area contributed by atoms with Gasteiger partial charge in [-0.15, -0.1) is 0 Å². The lowest BCUT2D eigenvalue weighted by atomic mass is 10.2. The van der Waals surface area contributed by atoms with Crippen molar-refractivity contribution in [2.24, 2.45) is 10.9 Å². The molecule has 9 heavy (non-hydrogen) atoms. The number of amides is 1. The average Bonchev–Trinajstić information content (AvgIpc) is 1.80. The Kier molecular flexibility index (Phi) is 1.51. The number of nitrogens with zero attached hydrogens (tertiary/aromatic N) is 1. The molecule has 1 amide bonds. The van der Waals surface area contributed by atoms with Gasteiger partial charge in [0.15, 0.2) is 5.90 Å². The number of hydrogen-bond acceptors (Lipinski definition) is 2. The molecule has 3 nitrogen and oxygen atoms in total. The van der Waals surface area contributed by atoms with Crippen LogP contribution in [0.1, 0.15) is 13.8 Å². The van der Waals surface area contributed by atoms with Crippen LogP contribution in [-0.4, -0.2) is 18.4 Å². The summed E-state index contributed by atoms with van der Waals surface area (Å²) in [5.74, 6) is 0.352. The van der Waals surface area contributed by atoms with Crippen molar-refractivity contribution in [2.75, 3.05) is 6.61 Å². The number of hydrogen-bond donors (Lipinski definition) is 0. The van der Waals surface area contributed by atoms with Gasteiger partial charge in [-0.25, -0.2) is 0 Å². The first kappa shape index (κ1) is 6.26. The van der Waals surface area contributed by atoms with Crippen LogP contribution in [0.3, 0.4) is 0 Å². The Bertz CT molecular complexity index is 162. The van der Waals surface area contributed by atoms with Gasteiger partial charge in [-0.1, -0.05) is 6.92 Å². The predicted molar refractivity (Wildman–Crippen MR) is 33.2 cm³/mol. The summed E-state index contributed by atoms with van der Waals surface area (Å²) in [6.07, 6.45) is 0. The molecule has 0 aromatic heterocycles. The molecule has 0 saturated heterocycles. The first-order chi connectivity index (χ1) is 4.20. The highest BCUT2D eigenvalue weighted by atomic mass is 16.5. The number of carbonyl (C=O) groups excluding carboxylic acids is 1. The van der Waals surface area contributed by atoms with E-state index in [1.165, 1.54) is 0 Å². The molecular formula is C6H9NO2. The Labute approximate surface area is 53.7 Å². The van der Waals surface area contributed by atoms with E-state index in [9.17, 15) is 4.79 Å². The highest BCUT2D eigenvalue weighted by molar-refractivity contribution is 5.93. The molecule has 3 heteroatoms. The lowest BCUT2D eigenvalue weighted by Crippen LogP contribution is -2.23. The van der Waals surface area contributed by atoms with Crippen LogP contribution < -0.4 is 0 Å². The van der Waals surface area contributed by atoms with Gasteiger partial charge in [0, 0.05) is 6.92 Å². The van der Waals surface area contributed by atoms with E-state index in [1.54, 1.807) is 13.8 Å². The SMILES string of the molecule is CC1=NC(=O)C(C)CO1. The Morgan fingerprint density at radius 1 is 1.78 bits per heavy atom. The maximum absolute atomic E-state index is 10.7. The van der Waals surface area contributed by atoms with Crippen LogP contribution in [0.2, 0.25) is 0 Å². The number of carbonyl (C=O) groups is 1. The number of aliphatic imine (C=N–C) groups is 1. The first-order valence-corrected chi connectivity index (χ1v) is 2.92. The van der Waals surface area contributed by atoms with Crippen LogP contribution in [0.25, 0.3) is 0 Å². The molecule has 1 atom stereocenters. The Hall–Kier alpha value is -0.860. The van der Waals surface area contributed by atoms with E-state index in [0.717, 1.165) is 0 Å². The molecular weight excluding hydrogens is 118 g/mol. The van der Waals surface area contributed by atoms with Gasteiger partial charge in [0.2, 0.25) is 0 Å². The second-order valence-corrected chi connectivity index (χ2v) is 2.18. The molecule has 0 bridgehead atoms. The third kappa shape index (κ3) is 1.28. The second-order valence-electron chi connectivity index (χ2n) is 2.18. The maximum atomic E-state index is 10.7. The van der Waals surface area contributed by atoms with Crippen LogP contribution in [0.4, 0.5) is 0 Å². The van der Waals surface area contributed by atoms with Crippen molar-refractivity contribution in [3.8, 4) is 0 Å². The molecule has 0 aromatic rings. The molecule has 0 aliphatic carbocycles. The zero-order valence-corrected chi connectivity index (χ0v) is 5.55. The van der Waals surface area contributed by atoms with Crippen molar-refractivity contribution in [1.82, 2.24) is 0 Å². The van der Waals surface area contributed by atoms with Gasteiger partial charge >= 0.3 is 0 Å². The second kappa shape index (κ2) is 2.17. The lowest BCUT2D eigenvalue weighted by molar-refractivity contribution is -0.123. The zero-order chi connectivity index (χ0) is 6.85. The lowest BCUT2D eigenvalue weighted by Gasteiger charge is -2.14. The molecule has 1 rings (SSSR count). The monoisotopic (exact) mass is 127 g/mol. The summed E-state index contributed by atoms with van der Waals surface area (Å²) in [4.78, 5) is 14.4. The van der Waals surface area contributed by atoms with Crippen LogP contribution >= 0.6 is 0 Å². The molecule has 1 aliphatic heterocycles. The molecule has 50 valence electrons. The van der Waals surface area contributed by atoms with Gasteiger partial charge in [0.1, 0.15) is 6.61 Å². The Balaban J connectivity index is 2.70. The third-order valence-electron chi connectivity index (χ3n) is 1.23. The van der Waals surface area contributed by atoms with E-state index in [0.29, 0.717) is 12.5 Å². The standard InChI is InChI=1S/C6H9NO2/c1-4-3-9-5(2)7-6(4)8/h4H,3H2,1-2H3. The molecule has 0 spiro atoms. The summed E-state index contributed by atoms with van der Waals surface area (Å²) in [5.41, 5.74) is 0. The third-order valence-corrected chi connectivity index (χ3v) is 1.23. The molecule has 0 fully saturated rings. The Morgan fingerprint density at radius 2 is 2.44 bits per heavy atom. The summed E-state index contributed by atoms with van der Waals surface area (Å²) in [7, 11) is 0. The number of ether oxygens (including phenoxy) is 1. The smallest absolute Gasteiger partial charge is 0.254 e. The van der Waals surface area contributed by atoms with Crippen LogP contribution in [-0.2, 0) is 9.53 Å². The summed E-state index contributed by atoms with van der Waals surface area (Å²) < 4.78 is 4.99. The van der Waals surface area contributed by atoms with Gasteiger partial charge in [0.25, 0.3) is 5.91 Å². The summed E-state index contributed by atoms with van der Waals surface area (Å²) in [6, 6.07) is 0. The van der Waals surface area contributed by atoms with E-state index in [4.69, 9.17) is 4.74 Å². The molecule has 0 aromatic carbocycles. The minimum absolute atomic E-state index is 0.0614. The van der Waals surface area contributed by atoms with E-state index in [-0.39, 0.29) is 11.8 Å². The van der Waals surface area contributed by atoms with E-state index < -0.39 is 0 Å². The average molecular weight is 127 g/mol. The topological polar surface area (TPSA) is 38.7 Å². The van der Waals surface area contributed by atoms with Gasteiger partial charge < -0.3 is 4.74 Å². The maximum Gasteiger partial charge on any atom is 0.254 e. The van der Waals surface area contributed by atoms with Gasteiger partial charge in [-0.2, -0.15) is 4.99 Å². The van der Waals surface area contributed by atoms with Crippen molar-refractivity contribution >= 4 is 11.8 Å². The minimum atomic E-state index is -0.0706. The van der Waals surface area contributed by atoms with Crippen molar-refractivity contribution in [3.05, 3.63) is 0 Å². The summed E-state index contributed by atoms with van der Waals surface area (Å²) in [5, 5.41) is 0. The normalized spacial score (nSPS) is 27.1. The van der Waals surface area contributed by atoms with Crippen molar-refractivity contribution < 1.29 is 9.53 Å². The molecule has 1 unspecified atom stereocenters. The zero-order valence-electron chi connectivity index (χ0n) is 5.55. The fourth-order valence-corrected chi connectivity index (χ4v) is 0.615. The Morgan fingerprint density at radius 3 is 2.89 bits per heavy atom.